The molecule has 3 N–H and O–H groups in total. The van der Waals surface area contributed by atoms with E-state index in [1.54, 1.807) is 0 Å². The lowest BCUT2D eigenvalue weighted by Crippen LogP contribution is -2.19. The number of hydrogen-bond donors (Lipinski definition) is 3. The fourth-order valence-electron chi connectivity index (χ4n) is 1.91. The third-order valence-electron chi connectivity index (χ3n) is 2.92. The third-order valence-corrected chi connectivity index (χ3v) is 2.92. The van der Waals surface area contributed by atoms with Crippen molar-refractivity contribution >= 4 is 11.0 Å². The number of nitrogens with one attached hydrogen (secondary N) is 3. The molecule has 1 atom stereocenters. The van der Waals surface area contributed by atoms with Gasteiger partial charge in [-0.3, -0.25) is 0 Å². The Morgan fingerprint density at radius 3 is 2.89 bits per heavy atom. The Labute approximate surface area is 106 Å². The predicted octanol–water partition coefficient (Wildman–Crippen LogP) is 1.92. The molecule has 1 heterocycles. The topological polar surface area (TPSA) is 60.7 Å². The molecule has 4 nitrogen and oxygen atoms in total. The molecule has 1 unspecified atom stereocenters. The van der Waals surface area contributed by atoms with Gasteiger partial charge in [-0.15, -0.1) is 11.8 Å². The summed E-state index contributed by atoms with van der Waals surface area (Å²) in [6.45, 7) is 4.81. The fraction of sp³-hybridized carbons (Fsp3) is 0.357. The highest BCUT2D eigenvalue weighted by molar-refractivity contribution is 5.75. The average Bonchev–Trinajstić information content (AvgIpc) is 2.73. The smallest absolute Gasteiger partial charge is 0.309 e. The highest BCUT2D eigenvalue weighted by Gasteiger charge is 2.06. The standard InChI is InChI=1S/C14H17N3O/c1-3-4-5-8-15-10(2)11-6-7-12-13(9-11)17-14(18)16-12/h6-7,9-10,15H,5,8H2,1-2H3,(H2,16,17,18). The quantitative estimate of drug-likeness (QED) is 0.567. The molecule has 18 heavy (non-hydrogen) atoms. The minimum Gasteiger partial charge on any atom is -0.309 e. The number of H-pyrrole nitrogens is 2. The zero-order valence-electron chi connectivity index (χ0n) is 10.6. The van der Waals surface area contributed by atoms with E-state index in [9.17, 15) is 4.79 Å². The summed E-state index contributed by atoms with van der Waals surface area (Å²) in [5.74, 6) is 5.90. The molecule has 0 bridgehead atoms. The van der Waals surface area contributed by atoms with Gasteiger partial charge in [0, 0.05) is 19.0 Å². The maximum atomic E-state index is 11.2. The van der Waals surface area contributed by atoms with Crippen LogP contribution in [-0.2, 0) is 0 Å². The molecule has 0 aliphatic heterocycles. The predicted molar refractivity (Wildman–Crippen MR) is 73.4 cm³/mol. The third kappa shape index (κ3) is 2.82. The number of imidazole rings is 1. The Hall–Kier alpha value is -1.99. The Morgan fingerprint density at radius 1 is 1.33 bits per heavy atom. The fourth-order valence-corrected chi connectivity index (χ4v) is 1.91. The second-order valence-corrected chi connectivity index (χ2v) is 4.24. The van der Waals surface area contributed by atoms with Crippen LogP contribution in [0.15, 0.2) is 23.0 Å². The number of hydrogen-bond acceptors (Lipinski definition) is 2. The maximum absolute atomic E-state index is 11.2. The molecule has 94 valence electrons. The molecule has 1 aromatic carbocycles. The van der Waals surface area contributed by atoms with Gasteiger partial charge in [-0.25, -0.2) is 4.79 Å². The van der Waals surface area contributed by atoms with Gasteiger partial charge in [-0.1, -0.05) is 6.07 Å². The van der Waals surface area contributed by atoms with Gasteiger partial charge < -0.3 is 15.3 Å². The highest BCUT2D eigenvalue weighted by Crippen LogP contribution is 2.16. The molecule has 1 aromatic heterocycles. The molecule has 0 aliphatic carbocycles. The summed E-state index contributed by atoms with van der Waals surface area (Å²) in [5, 5.41) is 3.40. The van der Waals surface area contributed by atoms with E-state index in [1.807, 2.05) is 25.1 Å². The summed E-state index contributed by atoms with van der Waals surface area (Å²) in [5.41, 5.74) is 2.68. The SMILES string of the molecule is CC#CCCNC(C)c1ccc2[nH]c(=O)[nH]c2c1. The van der Waals surface area contributed by atoms with Crippen LogP contribution in [0.1, 0.15) is 31.9 Å². The molecule has 2 aromatic rings. The molecule has 4 heteroatoms. The molecule has 0 fully saturated rings. The number of aromatic nitrogens is 2. The van der Waals surface area contributed by atoms with Gasteiger partial charge in [0.15, 0.2) is 0 Å². The van der Waals surface area contributed by atoms with Crippen molar-refractivity contribution in [3.63, 3.8) is 0 Å². The zero-order valence-corrected chi connectivity index (χ0v) is 10.6. The minimum atomic E-state index is -0.166. The van der Waals surface area contributed by atoms with Gasteiger partial charge >= 0.3 is 5.69 Å². The summed E-state index contributed by atoms with van der Waals surface area (Å²) in [4.78, 5) is 16.7. The van der Waals surface area contributed by atoms with E-state index in [-0.39, 0.29) is 11.7 Å². The average molecular weight is 243 g/mol. The monoisotopic (exact) mass is 243 g/mol. The largest absolute Gasteiger partial charge is 0.323 e. The lowest BCUT2D eigenvalue weighted by Gasteiger charge is -2.13. The van der Waals surface area contributed by atoms with Gasteiger partial charge in [-0.2, -0.15) is 0 Å². The van der Waals surface area contributed by atoms with E-state index in [0.29, 0.717) is 0 Å². The van der Waals surface area contributed by atoms with Crippen LogP contribution in [0, 0.1) is 11.8 Å². The second-order valence-electron chi connectivity index (χ2n) is 4.24. The Morgan fingerprint density at radius 2 is 2.11 bits per heavy atom. The van der Waals surface area contributed by atoms with Crippen LogP contribution in [0.25, 0.3) is 11.0 Å². The van der Waals surface area contributed by atoms with Crippen molar-refractivity contribution in [3.05, 3.63) is 34.2 Å². The first-order chi connectivity index (χ1) is 8.70. The molecule has 2 rings (SSSR count). The van der Waals surface area contributed by atoms with Crippen LogP contribution in [0.5, 0.6) is 0 Å². The molecule has 0 radical (unpaired) electrons. The van der Waals surface area contributed by atoms with Gasteiger partial charge in [0.05, 0.1) is 11.0 Å². The van der Waals surface area contributed by atoms with Crippen molar-refractivity contribution < 1.29 is 0 Å². The summed E-state index contributed by atoms with van der Waals surface area (Å²) in [6, 6.07) is 6.18. The van der Waals surface area contributed by atoms with E-state index >= 15 is 0 Å². The first-order valence-electron chi connectivity index (χ1n) is 6.05. The van der Waals surface area contributed by atoms with E-state index in [1.165, 1.54) is 0 Å². The van der Waals surface area contributed by atoms with Crippen LogP contribution in [0.4, 0.5) is 0 Å². The van der Waals surface area contributed by atoms with E-state index in [0.717, 1.165) is 29.6 Å². The van der Waals surface area contributed by atoms with Crippen molar-refractivity contribution in [1.82, 2.24) is 15.3 Å². The first kappa shape index (κ1) is 12.5. The summed E-state index contributed by atoms with van der Waals surface area (Å²) >= 11 is 0. The maximum Gasteiger partial charge on any atom is 0.323 e. The molecule has 0 saturated carbocycles. The van der Waals surface area contributed by atoms with Gasteiger partial charge in [0.25, 0.3) is 0 Å². The van der Waals surface area contributed by atoms with E-state index in [2.05, 4.69) is 34.0 Å². The number of fused-ring (bicyclic) bond motifs is 1. The minimum absolute atomic E-state index is 0.166. The van der Waals surface area contributed by atoms with Gasteiger partial charge in [0.1, 0.15) is 0 Å². The molecule has 0 spiro atoms. The van der Waals surface area contributed by atoms with Crippen molar-refractivity contribution in [2.24, 2.45) is 0 Å². The second kappa shape index (κ2) is 5.56. The van der Waals surface area contributed by atoms with Crippen LogP contribution >= 0.6 is 0 Å². The molecule has 0 aliphatic rings. The van der Waals surface area contributed by atoms with Gasteiger partial charge in [0.2, 0.25) is 0 Å². The van der Waals surface area contributed by atoms with Crippen LogP contribution < -0.4 is 11.0 Å². The number of aromatic amines is 2. The lowest BCUT2D eigenvalue weighted by molar-refractivity contribution is 0.584. The number of rotatable bonds is 4. The van der Waals surface area contributed by atoms with Crippen molar-refractivity contribution in [3.8, 4) is 11.8 Å². The zero-order chi connectivity index (χ0) is 13.0. The first-order valence-corrected chi connectivity index (χ1v) is 6.05. The molecular formula is C14H17N3O. The summed E-state index contributed by atoms with van der Waals surface area (Å²) in [7, 11) is 0. The normalized spacial score (nSPS) is 12.1. The lowest BCUT2D eigenvalue weighted by atomic mass is 10.1. The van der Waals surface area contributed by atoms with Crippen molar-refractivity contribution in [2.45, 2.75) is 26.3 Å². The van der Waals surface area contributed by atoms with Crippen LogP contribution in [-0.4, -0.2) is 16.5 Å². The van der Waals surface area contributed by atoms with Crippen molar-refractivity contribution in [2.75, 3.05) is 6.54 Å². The Bertz CT molecular complexity index is 642. The molecule has 0 amide bonds. The van der Waals surface area contributed by atoms with E-state index in [4.69, 9.17) is 0 Å². The summed E-state index contributed by atoms with van der Waals surface area (Å²) < 4.78 is 0. The van der Waals surface area contributed by atoms with Crippen molar-refractivity contribution in [1.29, 1.82) is 0 Å². The van der Waals surface area contributed by atoms with E-state index < -0.39 is 0 Å². The van der Waals surface area contributed by atoms with Crippen LogP contribution in [0.2, 0.25) is 0 Å². The van der Waals surface area contributed by atoms with Gasteiger partial charge in [-0.05, 0) is 31.5 Å². The molecular weight excluding hydrogens is 226 g/mol. The highest BCUT2D eigenvalue weighted by atomic mass is 16.1. The molecule has 0 saturated heterocycles. The van der Waals surface area contributed by atoms with Crippen LogP contribution in [0.3, 0.4) is 0 Å². The Balaban J connectivity index is 2.09. The summed E-state index contributed by atoms with van der Waals surface area (Å²) in [6.07, 6.45) is 0.851. The number of benzene rings is 1. The Kier molecular flexibility index (Phi) is 3.85.